The van der Waals surface area contributed by atoms with E-state index >= 15 is 0 Å². The molecule has 0 fully saturated rings. The number of halogens is 1. The molecule has 20 heavy (non-hydrogen) atoms. The van der Waals surface area contributed by atoms with Crippen molar-refractivity contribution < 1.29 is 14.3 Å². The molecule has 0 aliphatic heterocycles. The van der Waals surface area contributed by atoms with E-state index in [-0.39, 0.29) is 0 Å². The standard InChI is InChI=1S/C14H19ClN2O3/c1-9(2)6-7-16-13(18)14(19)17-10-4-5-12(20-3)11(15)8-10/h4-5,8-9H,6-7H2,1-3H3,(H,16,18)(H,17,19). The third-order valence-corrected chi connectivity index (χ3v) is 2.92. The van der Waals surface area contributed by atoms with Crippen LogP contribution < -0.4 is 15.4 Å². The van der Waals surface area contributed by atoms with Crippen molar-refractivity contribution in [3.05, 3.63) is 23.2 Å². The number of benzene rings is 1. The number of carbonyl (C=O) groups is 2. The monoisotopic (exact) mass is 298 g/mol. The Bertz CT molecular complexity index is 489. The Labute approximate surface area is 123 Å². The second-order valence-electron chi connectivity index (χ2n) is 4.74. The van der Waals surface area contributed by atoms with E-state index in [9.17, 15) is 9.59 Å². The number of rotatable bonds is 5. The van der Waals surface area contributed by atoms with Crippen LogP contribution in [-0.4, -0.2) is 25.5 Å². The van der Waals surface area contributed by atoms with Crippen LogP contribution in [0.25, 0.3) is 0 Å². The van der Waals surface area contributed by atoms with Crippen LogP contribution in [-0.2, 0) is 9.59 Å². The molecule has 1 rings (SSSR count). The molecule has 0 aliphatic carbocycles. The lowest BCUT2D eigenvalue weighted by Crippen LogP contribution is -2.36. The van der Waals surface area contributed by atoms with Crippen molar-refractivity contribution in [3.63, 3.8) is 0 Å². The minimum Gasteiger partial charge on any atom is -0.495 e. The maximum Gasteiger partial charge on any atom is 0.313 e. The summed E-state index contributed by atoms with van der Waals surface area (Å²) in [5.41, 5.74) is 0.444. The molecule has 110 valence electrons. The van der Waals surface area contributed by atoms with Crippen molar-refractivity contribution in [1.82, 2.24) is 5.32 Å². The van der Waals surface area contributed by atoms with Gasteiger partial charge in [0.2, 0.25) is 0 Å². The van der Waals surface area contributed by atoms with E-state index in [1.165, 1.54) is 13.2 Å². The van der Waals surface area contributed by atoms with Gasteiger partial charge in [-0.05, 0) is 30.5 Å². The van der Waals surface area contributed by atoms with Gasteiger partial charge in [-0.1, -0.05) is 25.4 Å². The van der Waals surface area contributed by atoms with Gasteiger partial charge in [0.1, 0.15) is 5.75 Å². The predicted molar refractivity (Wildman–Crippen MR) is 79.1 cm³/mol. The highest BCUT2D eigenvalue weighted by Crippen LogP contribution is 2.27. The van der Waals surface area contributed by atoms with Crippen LogP contribution in [0, 0.1) is 5.92 Å². The lowest BCUT2D eigenvalue weighted by atomic mass is 10.1. The molecule has 5 nitrogen and oxygen atoms in total. The SMILES string of the molecule is COc1ccc(NC(=O)C(=O)NCCC(C)C)cc1Cl. The molecule has 0 spiro atoms. The third-order valence-electron chi connectivity index (χ3n) is 2.62. The van der Waals surface area contributed by atoms with E-state index in [1.807, 2.05) is 13.8 Å². The number of anilines is 1. The Morgan fingerprint density at radius 3 is 2.55 bits per heavy atom. The molecule has 0 radical (unpaired) electrons. The lowest BCUT2D eigenvalue weighted by molar-refractivity contribution is -0.136. The molecule has 0 aliphatic rings. The van der Waals surface area contributed by atoms with Crippen molar-refractivity contribution in [1.29, 1.82) is 0 Å². The molecule has 2 amide bonds. The Morgan fingerprint density at radius 1 is 1.30 bits per heavy atom. The topological polar surface area (TPSA) is 67.4 Å². The maximum atomic E-state index is 11.7. The fourth-order valence-corrected chi connectivity index (χ4v) is 1.74. The first-order chi connectivity index (χ1) is 9.43. The molecule has 0 aromatic heterocycles. The Balaban J connectivity index is 2.53. The highest BCUT2D eigenvalue weighted by atomic mass is 35.5. The molecule has 6 heteroatoms. The van der Waals surface area contributed by atoms with Gasteiger partial charge in [0.25, 0.3) is 0 Å². The van der Waals surface area contributed by atoms with Crippen molar-refractivity contribution in [2.75, 3.05) is 19.0 Å². The van der Waals surface area contributed by atoms with Crippen molar-refractivity contribution in [3.8, 4) is 5.75 Å². The summed E-state index contributed by atoms with van der Waals surface area (Å²) < 4.78 is 5.00. The summed E-state index contributed by atoms with van der Waals surface area (Å²) in [6, 6.07) is 4.76. The van der Waals surface area contributed by atoms with Crippen LogP contribution in [0.1, 0.15) is 20.3 Å². The maximum absolute atomic E-state index is 11.7. The first-order valence-electron chi connectivity index (χ1n) is 6.36. The summed E-state index contributed by atoms with van der Waals surface area (Å²) in [5.74, 6) is -0.391. The van der Waals surface area contributed by atoms with E-state index < -0.39 is 11.8 Å². The predicted octanol–water partition coefficient (Wildman–Crippen LogP) is 2.45. The molecule has 0 atom stereocenters. The number of amides is 2. The Kier molecular flexibility index (Phi) is 6.31. The second kappa shape index (κ2) is 7.75. The minimum atomic E-state index is -0.713. The summed E-state index contributed by atoms with van der Waals surface area (Å²) in [7, 11) is 1.50. The molecule has 0 bridgehead atoms. The summed E-state index contributed by atoms with van der Waals surface area (Å²) in [5, 5.41) is 5.41. The number of methoxy groups -OCH3 is 1. The zero-order valence-electron chi connectivity index (χ0n) is 11.8. The summed E-state index contributed by atoms with van der Waals surface area (Å²) in [6.07, 6.45) is 0.827. The van der Waals surface area contributed by atoms with Crippen molar-refractivity contribution in [2.45, 2.75) is 20.3 Å². The van der Waals surface area contributed by atoms with E-state index in [0.717, 1.165) is 6.42 Å². The van der Waals surface area contributed by atoms with Crippen molar-refractivity contribution in [2.24, 2.45) is 5.92 Å². The van der Waals surface area contributed by atoms with Crippen LogP contribution >= 0.6 is 11.6 Å². The number of hydrogen-bond donors (Lipinski definition) is 2. The van der Waals surface area contributed by atoms with Gasteiger partial charge in [0.15, 0.2) is 0 Å². The van der Waals surface area contributed by atoms with Crippen LogP contribution in [0.15, 0.2) is 18.2 Å². The molecule has 0 saturated carbocycles. The average molecular weight is 299 g/mol. The van der Waals surface area contributed by atoms with Crippen LogP contribution in [0.2, 0.25) is 5.02 Å². The number of hydrogen-bond acceptors (Lipinski definition) is 3. The minimum absolute atomic E-state index is 0.366. The fourth-order valence-electron chi connectivity index (χ4n) is 1.49. The highest BCUT2D eigenvalue weighted by Gasteiger charge is 2.14. The molecule has 1 aromatic rings. The first-order valence-corrected chi connectivity index (χ1v) is 6.74. The van der Waals surface area contributed by atoms with Gasteiger partial charge in [-0.15, -0.1) is 0 Å². The van der Waals surface area contributed by atoms with Crippen LogP contribution in [0.5, 0.6) is 5.75 Å². The molecule has 0 unspecified atom stereocenters. The van der Waals surface area contributed by atoms with E-state index in [0.29, 0.717) is 28.9 Å². The second-order valence-corrected chi connectivity index (χ2v) is 5.15. The quantitative estimate of drug-likeness (QED) is 0.821. The van der Waals surface area contributed by atoms with Gasteiger partial charge in [-0.2, -0.15) is 0 Å². The molecule has 0 saturated heterocycles. The molecule has 2 N–H and O–H groups in total. The normalized spacial score (nSPS) is 10.2. The lowest BCUT2D eigenvalue weighted by Gasteiger charge is -2.09. The smallest absolute Gasteiger partial charge is 0.313 e. The fraction of sp³-hybridized carbons (Fsp3) is 0.429. The largest absolute Gasteiger partial charge is 0.495 e. The summed E-state index contributed by atoms with van der Waals surface area (Å²) >= 11 is 5.93. The number of ether oxygens (including phenoxy) is 1. The third kappa shape index (κ3) is 5.09. The van der Waals surface area contributed by atoms with Gasteiger partial charge in [0.05, 0.1) is 12.1 Å². The summed E-state index contributed by atoms with van der Waals surface area (Å²) in [6.45, 7) is 4.57. The molecular formula is C14H19ClN2O3. The number of carbonyl (C=O) groups excluding carboxylic acids is 2. The van der Waals surface area contributed by atoms with Crippen LogP contribution in [0.4, 0.5) is 5.69 Å². The average Bonchev–Trinajstić information content (AvgIpc) is 2.38. The van der Waals surface area contributed by atoms with Gasteiger partial charge >= 0.3 is 11.8 Å². The van der Waals surface area contributed by atoms with E-state index in [1.54, 1.807) is 12.1 Å². The molecular weight excluding hydrogens is 280 g/mol. The van der Waals surface area contributed by atoms with Crippen LogP contribution in [0.3, 0.4) is 0 Å². The van der Waals surface area contributed by atoms with E-state index in [4.69, 9.17) is 16.3 Å². The summed E-state index contributed by atoms with van der Waals surface area (Å²) in [4.78, 5) is 23.2. The van der Waals surface area contributed by atoms with Gasteiger partial charge in [0, 0.05) is 12.2 Å². The van der Waals surface area contributed by atoms with E-state index in [2.05, 4.69) is 10.6 Å². The van der Waals surface area contributed by atoms with Gasteiger partial charge in [-0.3, -0.25) is 9.59 Å². The molecule has 1 aromatic carbocycles. The zero-order valence-corrected chi connectivity index (χ0v) is 12.6. The van der Waals surface area contributed by atoms with Crippen molar-refractivity contribution >= 4 is 29.1 Å². The first kappa shape index (κ1) is 16.3. The molecule has 0 heterocycles. The number of nitrogens with one attached hydrogen (secondary N) is 2. The Hall–Kier alpha value is -1.75. The Morgan fingerprint density at radius 2 is 2.00 bits per heavy atom. The van der Waals surface area contributed by atoms with Gasteiger partial charge < -0.3 is 15.4 Å². The highest BCUT2D eigenvalue weighted by molar-refractivity contribution is 6.40. The zero-order chi connectivity index (χ0) is 15.1. The van der Waals surface area contributed by atoms with Gasteiger partial charge in [-0.25, -0.2) is 0 Å².